The minimum atomic E-state index is -0.629. The Morgan fingerprint density at radius 1 is 1.32 bits per heavy atom. The van der Waals surface area contributed by atoms with Crippen LogP contribution in [0.5, 0.6) is 0 Å². The van der Waals surface area contributed by atoms with E-state index in [1.807, 2.05) is 24.3 Å². The van der Waals surface area contributed by atoms with Crippen molar-refractivity contribution < 1.29 is 9.84 Å². The highest BCUT2D eigenvalue weighted by molar-refractivity contribution is 5.47. The first-order valence-corrected chi connectivity index (χ1v) is 7.12. The summed E-state index contributed by atoms with van der Waals surface area (Å²) in [6.45, 7) is 4.95. The predicted molar refractivity (Wildman–Crippen MR) is 77.8 cm³/mol. The zero-order chi connectivity index (χ0) is 13.9. The highest BCUT2D eigenvalue weighted by atomic mass is 16.5. The lowest BCUT2D eigenvalue weighted by molar-refractivity contribution is -0.0378. The molecule has 3 N–H and O–H groups in total. The Kier molecular flexibility index (Phi) is 4.48. The molecule has 19 heavy (non-hydrogen) atoms. The molecule has 0 aliphatic heterocycles. The van der Waals surface area contributed by atoms with Crippen molar-refractivity contribution in [1.82, 2.24) is 0 Å². The summed E-state index contributed by atoms with van der Waals surface area (Å²) < 4.78 is 5.84. The average Bonchev–Trinajstić information content (AvgIpc) is 2.38. The molecule has 1 atom stereocenters. The van der Waals surface area contributed by atoms with Crippen LogP contribution in [0.1, 0.15) is 51.2 Å². The van der Waals surface area contributed by atoms with Crippen molar-refractivity contribution in [2.24, 2.45) is 5.41 Å². The van der Waals surface area contributed by atoms with Gasteiger partial charge in [-0.1, -0.05) is 32.0 Å². The van der Waals surface area contributed by atoms with Gasteiger partial charge in [-0.3, -0.25) is 0 Å². The monoisotopic (exact) mass is 263 g/mol. The Morgan fingerprint density at radius 3 is 2.58 bits per heavy atom. The molecule has 0 radical (unpaired) electrons. The molecule has 1 aromatic rings. The Bertz CT molecular complexity index is 407. The predicted octanol–water partition coefficient (Wildman–Crippen LogP) is 3.29. The number of rotatable bonds is 4. The highest BCUT2D eigenvalue weighted by Gasteiger charge is 2.27. The lowest BCUT2D eigenvalue weighted by Crippen LogP contribution is -2.27. The van der Waals surface area contributed by atoms with Gasteiger partial charge in [-0.15, -0.1) is 0 Å². The molecule has 1 aliphatic carbocycles. The number of para-hydroxylation sites is 1. The first kappa shape index (κ1) is 14.4. The van der Waals surface area contributed by atoms with Gasteiger partial charge < -0.3 is 15.6 Å². The maximum absolute atomic E-state index is 10.1. The lowest BCUT2D eigenvalue weighted by Gasteiger charge is -2.34. The summed E-state index contributed by atoms with van der Waals surface area (Å²) in [7, 11) is 0. The van der Waals surface area contributed by atoms with Crippen LogP contribution in [0, 0.1) is 5.41 Å². The molecule has 0 heterocycles. The number of aliphatic hydroxyl groups is 1. The zero-order valence-corrected chi connectivity index (χ0v) is 11.9. The van der Waals surface area contributed by atoms with E-state index in [0.717, 1.165) is 18.4 Å². The van der Waals surface area contributed by atoms with Gasteiger partial charge in [0.2, 0.25) is 0 Å². The van der Waals surface area contributed by atoms with Crippen LogP contribution in [0.25, 0.3) is 0 Å². The zero-order valence-electron chi connectivity index (χ0n) is 11.9. The van der Waals surface area contributed by atoms with E-state index in [-0.39, 0.29) is 6.10 Å². The van der Waals surface area contributed by atoms with Gasteiger partial charge >= 0.3 is 0 Å². The summed E-state index contributed by atoms with van der Waals surface area (Å²) in [6, 6.07) is 7.42. The van der Waals surface area contributed by atoms with Gasteiger partial charge in [0.1, 0.15) is 6.10 Å². The standard InChI is InChI=1S/C16H25NO2/c1-16(2)9-7-12(8-10-16)19-11-15(18)13-5-3-4-6-14(13)17/h3-6,12,15,18H,7-11,17H2,1-2H3. The Hall–Kier alpha value is -1.06. The highest BCUT2D eigenvalue weighted by Crippen LogP contribution is 2.36. The Labute approximate surface area is 115 Å². The van der Waals surface area contributed by atoms with Crippen LogP contribution in [0.2, 0.25) is 0 Å². The number of ether oxygens (including phenoxy) is 1. The van der Waals surface area contributed by atoms with E-state index in [2.05, 4.69) is 13.8 Å². The number of hydrogen-bond donors (Lipinski definition) is 2. The van der Waals surface area contributed by atoms with E-state index >= 15 is 0 Å². The van der Waals surface area contributed by atoms with Crippen molar-refractivity contribution >= 4 is 5.69 Å². The van der Waals surface area contributed by atoms with E-state index in [4.69, 9.17) is 10.5 Å². The number of anilines is 1. The number of aliphatic hydroxyl groups excluding tert-OH is 1. The second kappa shape index (κ2) is 5.93. The van der Waals surface area contributed by atoms with Gasteiger partial charge in [0.05, 0.1) is 12.7 Å². The van der Waals surface area contributed by atoms with Crippen LogP contribution in [-0.4, -0.2) is 17.8 Å². The molecule has 3 nitrogen and oxygen atoms in total. The van der Waals surface area contributed by atoms with E-state index in [1.54, 1.807) is 0 Å². The van der Waals surface area contributed by atoms with Crippen molar-refractivity contribution in [3.63, 3.8) is 0 Å². The third-order valence-electron chi connectivity index (χ3n) is 4.13. The maximum Gasteiger partial charge on any atom is 0.104 e. The summed E-state index contributed by atoms with van der Waals surface area (Å²) in [5.74, 6) is 0. The van der Waals surface area contributed by atoms with E-state index in [1.165, 1.54) is 12.8 Å². The maximum atomic E-state index is 10.1. The second-order valence-electron chi connectivity index (χ2n) is 6.34. The van der Waals surface area contributed by atoms with Crippen molar-refractivity contribution in [3.8, 4) is 0 Å². The number of nitrogens with two attached hydrogens (primary N) is 1. The van der Waals surface area contributed by atoms with Crippen LogP contribution in [0.15, 0.2) is 24.3 Å². The number of benzene rings is 1. The molecule has 1 saturated carbocycles. The van der Waals surface area contributed by atoms with E-state index < -0.39 is 6.10 Å². The summed E-state index contributed by atoms with van der Waals surface area (Å²) >= 11 is 0. The molecule has 2 rings (SSSR count). The van der Waals surface area contributed by atoms with Gasteiger partial charge in [-0.25, -0.2) is 0 Å². The Morgan fingerprint density at radius 2 is 1.95 bits per heavy atom. The third-order valence-corrected chi connectivity index (χ3v) is 4.13. The van der Waals surface area contributed by atoms with Gasteiger partial charge in [-0.2, -0.15) is 0 Å². The smallest absolute Gasteiger partial charge is 0.104 e. The molecule has 0 saturated heterocycles. The molecule has 3 heteroatoms. The quantitative estimate of drug-likeness (QED) is 0.820. The molecular formula is C16H25NO2. The Balaban J connectivity index is 1.82. The van der Waals surface area contributed by atoms with Crippen LogP contribution >= 0.6 is 0 Å². The number of nitrogen functional groups attached to an aromatic ring is 1. The minimum Gasteiger partial charge on any atom is -0.398 e. The second-order valence-corrected chi connectivity index (χ2v) is 6.34. The molecule has 0 amide bonds. The van der Waals surface area contributed by atoms with E-state index in [0.29, 0.717) is 17.7 Å². The number of hydrogen-bond acceptors (Lipinski definition) is 3. The summed E-state index contributed by atoms with van der Waals surface area (Å²) in [5, 5.41) is 10.1. The molecule has 0 bridgehead atoms. The van der Waals surface area contributed by atoms with Crippen LogP contribution in [-0.2, 0) is 4.74 Å². The largest absolute Gasteiger partial charge is 0.398 e. The van der Waals surface area contributed by atoms with Crippen molar-refractivity contribution in [3.05, 3.63) is 29.8 Å². The third kappa shape index (κ3) is 3.95. The summed E-state index contributed by atoms with van der Waals surface area (Å²) in [4.78, 5) is 0. The molecular weight excluding hydrogens is 238 g/mol. The van der Waals surface area contributed by atoms with Crippen LogP contribution in [0.4, 0.5) is 5.69 Å². The molecule has 0 aromatic heterocycles. The van der Waals surface area contributed by atoms with Gasteiger partial charge in [0.15, 0.2) is 0 Å². The van der Waals surface area contributed by atoms with Crippen molar-refractivity contribution in [2.75, 3.05) is 12.3 Å². The SMILES string of the molecule is CC1(C)CCC(OCC(O)c2ccccc2N)CC1. The van der Waals surface area contributed by atoms with E-state index in [9.17, 15) is 5.11 Å². The van der Waals surface area contributed by atoms with Crippen molar-refractivity contribution in [2.45, 2.75) is 51.7 Å². The average molecular weight is 263 g/mol. The minimum absolute atomic E-state index is 0.285. The fourth-order valence-electron chi connectivity index (χ4n) is 2.67. The normalized spacial score (nSPS) is 21.2. The fourth-order valence-corrected chi connectivity index (χ4v) is 2.67. The molecule has 1 unspecified atom stereocenters. The fraction of sp³-hybridized carbons (Fsp3) is 0.625. The topological polar surface area (TPSA) is 55.5 Å². The molecule has 1 aliphatic rings. The van der Waals surface area contributed by atoms with Gasteiger partial charge in [-0.05, 0) is 37.2 Å². The van der Waals surface area contributed by atoms with Crippen LogP contribution < -0.4 is 5.73 Å². The summed E-state index contributed by atoms with van der Waals surface area (Å²) in [5.41, 5.74) is 7.69. The van der Waals surface area contributed by atoms with Gasteiger partial charge in [0, 0.05) is 11.3 Å². The molecule has 0 spiro atoms. The lowest BCUT2D eigenvalue weighted by atomic mass is 9.76. The first-order valence-electron chi connectivity index (χ1n) is 7.12. The molecule has 106 valence electrons. The molecule has 1 fully saturated rings. The summed E-state index contributed by atoms with van der Waals surface area (Å²) in [6.07, 6.45) is 4.22. The van der Waals surface area contributed by atoms with Crippen LogP contribution in [0.3, 0.4) is 0 Å². The first-order chi connectivity index (χ1) is 8.98. The molecule has 1 aromatic carbocycles. The van der Waals surface area contributed by atoms with Gasteiger partial charge in [0.25, 0.3) is 0 Å². The van der Waals surface area contributed by atoms with Crippen molar-refractivity contribution in [1.29, 1.82) is 0 Å².